The van der Waals surface area contributed by atoms with Crippen LogP contribution in [-0.4, -0.2) is 21.9 Å². The van der Waals surface area contributed by atoms with E-state index in [9.17, 15) is 4.79 Å². The number of thiophene rings is 1. The highest BCUT2D eigenvalue weighted by Crippen LogP contribution is 2.30. The van der Waals surface area contributed by atoms with Gasteiger partial charge in [-0.2, -0.15) is 0 Å². The summed E-state index contributed by atoms with van der Waals surface area (Å²) in [5.74, 6) is 1.54. The number of hydrogen-bond acceptors (Lipinski definition) is 5. The van der Waals surface area contributed by atoms with Crippen LogP contribution >= 0.6 is 23.1 Å². The fourth-order valence-electron chi connectivity index (χ4n) is 3.38. The Balaban J connectivity index is 1.70. The molecule has 0 unspecified atom stereocenters. The molecule has 0 atom stereocenters. The van der Waals surface area contributed by atoms with E-state index < -0.39 is 0 Å². The lowest BCUT2D eigenvalue weighted by molar-refractivity contribution is 0.344. The van der Waals surface area contributed by atoms with Crippen LogP contribution < -0.4 is 10.3 Å². The summed E-state index contributed by atoms with van der Waals surface area (Å²) in [6, 6.07) is 17.8. The predicted molar refractivity (Wildman–Crippen MR) is 127 cm³/mol. The number of thioether (sulfide) groups is 1. The molecule has 154 valence electrons. The predicted octanol–water partition coefficient (Wildman–Crippen LogP) is 5.80. The van der Waals surface area contributed by atoms with Crippen LogP contribution in [0, 0.1) is 13.8 Å². The molecular formula is C24H24N2O2S2. The van der Waals surface area contributed by atoms with Gasteiger partial charge in [0.05, 0.1) is 17.7 Å². The molecule has 0 aliphatic heterocycles. The summed E-state index contributed by atoms with van der Waals surface area (Å²) < 4.78 is 7.56. The second-order valence-corrected chi connectivity index (χ2v) is 9.21. The molecule has 30 heavy (non-hydrogen) atoms. The topological polar surface area (TPSA) is 44.1 Å². The van der Waals surface area contributed by atoms with Gasteiger partial charge in [-0.15, -0.1) is 11.3 Å². The lowest BCUT2D eigenvalue weighted by Crippen LogP contribution is -2.22. The van der Waals surface area contributed by atoms with Gasteiger partial charge >= 0.3 is 0 Å². The molecule has 0 radical (unpaired) electrons. The summed E-state index contributed by atoms with van der Waals surface area (Å²) in [6.07, 6.45) is 0.907. The number of benzene rings is 2. The molecule has 0 spiro atoms. The molecule has 0 saturated carbocycles. The van der Waals surface area contributed by atoms with Crippen molar-refractivity contribution in [3.63, 3.8) is 0 Å². The standard InChI is InChI=1S/C24H24N2O2S2/c1-4-20-17(3)21-22(30-20)25-24(29-15-14-28-19-8-6-5-7-9-19)26(23(21)27)18-12-10-16(2)11-13-18/h5-13H,4,14-15H2,1-3H3. The van der Waals surface area contributed by atoms with E-state index in [4.69, 9.17) is 9.72 Å². The number of aromatic nitrogens is 2. The first-order valence-corrected chi connectivity index (χ1v) is 11.8. The van der Waals surface area contributed by atoms with Gasteiger partial charge in [0.1, 0.15) is 10.6 Å². The number of aryl methyl sites for hydroxylation is 3. The Labute approximate surface area is 184 Å². The van der Waals surface area contributed by atoms with Crippen molar-refractivity contribution in [3.8, 4) is 11.4 Å². The zero-order valence-corrected chi connectivity index (χ0v) is 19.0. The van der Waals surface area contributed by atoms with Crippen molar-refractivity contribution >= 4 is 33.3 Å². The maximum atomic E-state index is 13.5. The molecule has 2 aromatic carbocycles. The first-order valence-electron chi connectivity index (χ1n) is 10.0. The summed E-state index contributed by atoms with van der Waals surface area (Å²) in [5, 5.41) is 1.44. The van der Waals surface area contributed by atoms with E-state index in [1.165, 1.54) is 4.88 Å². The largest absolute Gasteiger partial charge is 0.493 e. The third kappa shape index (κ3) is 4.16. The van der Waals surface area contributed by atoms with E-state index in [1.807, 2.05) is 68.4 Å². The maximum Gasteiger partial charge on any atom is 0.267 e. The van der Waals surface area contributed by atoms with Gasteiger partial charge in [-0.1, -0.05) is 54.6 Å². The third-order valence-electron chi connectivity index (χ3n) is 4.97. The molecule has 4 rings (SSSR count). The number of fused-ring (bicyclic) bond motifs is 1. The summed E-state index contributed by atoms with van der Waals surface area (Å²) in [5.41, 5.74) is 3.06. The van der Waals surface area contributed by atoms with Crippen LogP contribution in [0.15, 0.2) is 64.5 Å². The van der Waals surface area contributed by atoms with E-state index in [1.54, 1.807) is 27.7 Å². The Morgan fingerprint density at radius 1 is 1.07 bits per heavy atom. The second kappa shape index (κ2) is 9.06. The molecular weight excluding hydrogens is 412 g/mol. The van der Waals surface area contributed by atoms with Crippen molar-refractivity contribution in [2.45, 2.75) is 32.3 Å². The Kier molecular flexibility index (Phi) is 6.25. The first kappa shape index (κ1) is 20.7. The minimum atomic E-state index is 0.00350. The van der Waals surface area contributed by atoms with Crippen LogP contribution in [0.4, 0.5) is 0 Å². The van der Waals surface area contributed by atoms with E-state index in [-0.39, 0.29) is 5.56 Å². The number of nitrogens with zero attached hydrogens (tertiary/aromatic N) is 2. The van der Waals surface area contributed by atoms with Crippen LogP contribution in [0.25, 0.3) is 15.9 Å². The lowest BCUT2D eigenvalue weighted by Gasteiger charge is -2.13. The number of hydrogen-bond donors (Lipinski definition) is 0. The van der Waals surface area contributed by atoms with Crippen LogP contribution in [-0.2, 0) is 6.42 Å². The summed E-state index contributed by atoms with van der Waals surface area (Å²) in [6.45, 7) is 6.73. The minimum Gasteiger partial charge on any atom is -0.493 e. The van der Waals surface area contributed by atoms with Crippen LogP contribution in [0.1, 0.15) is 22.9 Å². The molecule has 0 fully saturated rings. The van der Waals surface area contributed by atoms with Gasteiger partial charge in [-0.05, 0) is 50.1 Å². The number of ether oxygens (including phenoxy) is 1. The Bertz CT molecular complexity index is 1210. The SMILES string of the molecule is CCc1sc2nc(SCCOc3ccccc3)n(-c3ccc(C)cc3)c(=O)c2c1C. The van der Waals surface area contributed by atoms with Gasteiger partial charge < -0.3 is 4.74 Å². The monoisotopic (exact) mass is 436 g/mol. The van der Waals surface area contributed by atoms with Crippen molar-refractivity contribution in [3.05, 3.63) is 81.0 Å². The average Bonchev–Trinajstić information content (AvgIpc) is 3.09. The van der Waals surface area contributed by atoms with Crippen molar-refractivity contribution < 1.29 is 4.74 Å². The fraction of sp³-hybridized carbons (Fsp3) is 0.250. The molecule has 0 bridgehead atoms. The van der Waals surface area contributed by atoms with Crippen molar-refractivity contribution in [1.82, 2.24) is 9.55 Å². The molecule has 0 N–H and O–H groups in total. The molecule has 4 aromatic rings. The van der Waals surface area contributed by atoms with Gasteiger partial charge in [0.25, 0.3) is 5.56 Å². The summed E-state index contributed by atoms with van der Waals surface area (Å²) in [4.78, 5) is 20.5. The highest BCUT2D eigenvalue weighted by Gasteiger charge is 2.18. The molecule has 2 aromatic heterocycles. The van der Waals surface area contributed by atoms with E-state index >= 15 is 0 Å². The van der Waals surface area contributed by atoms with Crippen molar-refractivity contribution in [2.75, 3.05) is 12.4 Å². The second-order valence-electron chi connectivity index (χ2n) is 7.06. The summed E-state index contributed by atoms with van der Waals surface area (Å²) >= 11 is 3.18. The first-order chi connectivity index (χ1) is 14.6. The molecule has 0 aliphatic carbocycles. The highest BCUT2D eigenvalue weighted by molar-refractivity contribution is 7.99. The van der Waals surface area contributed by atoms with Gasteiger partial charge in [0.2, 0.25) is 0 Å². The van der Waals surface area contributed by atoms with E-state index in [0.29, 0.717) is 17.5 Å². The molecule has 0 aliphatic rings. The third-order valence-corrected chi connectivity index (χ3v) is 7.21. The summed E-state index contributed by atoms with van der Waals surface area (Å²) in [7, 11) is 0. The van der Waals surface area contributed by atoms with Crippen LogP contribution in [0.2, 0.25) is 0 Å². The zero-order valence-electron chi connectivity index (χ0n) is 17.3. The van der Waals surface area contributed by atoms with Gasteiger partial charge in [0, 0.05) is 10.6 Å². The normalized spacial score (nSPS) is 11.2. The van der Waals surface area contributed by atoms with Crippen LogP contribution in [0.5, 0.6) is 5.75 Å². The molecule has 0 amide bonds. The van der Waals surface area contributed by atoms with Gasteiger partial charge in [-0.3, -0.25) is 9.36 Å². The molecule has 4 nitrogen and oxygen atoms in total. The number of para-hydroxylation sites is 1. The van der Waals surface area contributed by atoms with Gasteiger partial charge in [-0.25, -0.2) is 4.98 Å². The lowest BCUT2D eigenvalue weighted by atomic mass is 10.2. The maximum absolute atomic E-state index is 13.5. The Morgan fingerprint density at radius 3 is 2.50 bits per heavy atom. The van der Waals surface area contributed by atoms with Crippen molar-refractivity contribution in [2.24, 2.45) is 0 Å². The number of rotatable bonds is 7. The smallest absolute Gasteiger partial charge is 0.267 e. The fourth-order valence-corrected chi connectivity index (χ4v) is 5.36. The van der Waals surface area contributed by atoms with Crippen LogP contribution in [0.3, 0.4) is 0 Å². The molecule has 0 saturated heterocycles. The van der Waals surface area contributed by atoms with Gasteiger partial charge in [0.15, 0.2) is 5.16 Å². The molecule has 6 heteroatoms. The van der Waals surface area contributed by atoms with Crippen molar-refractivity contribution in [1.29, 1.82) is 0 Å². The average molecular weight is 437 g/mol. The minimum absolute atomic E-state index is 0.00350. The zero-order chi connectivity index (χ0) is 21.1. The van der Waals surface area contributed by atoms with E-state index in [0.717, 1.165) is 39.2 Å². The highest BCUT2D eigenvalue weighted by atomic mass is 32.2. The Morgan fingerprint density at radius 2 is 1.80 bits per heavy atom. The quantitative estimate of drug-likeness (QED) is 0.209. The Hall–Kier alpha value is -2.57. The van der Waals surface area contributed by atoms with E-state index in [2.05, 4.69) is 6.92 Å². The molecule has 2 heterocycles.